The van der Waals surface area contributed by atoms with E-state index in [2.05, 4.69) is 21.1 Å². The fourth-order valence-electron chi connectivity index (χ4n) is 3.55. The predicted molar refractivity (Wildman–Crippen MR) is 81.6 cm³/mol. The summed E-state index contributed by atoms with van der Waals surface area (Å²) in [5.41, 5.74) is 1.25. The Morgan fingerprint density at radius 1 is 1.19 bits per heavy atom. The average molecular weight is 290 g/mol. The molecule has 5 heteroatoms. The SMILES string of the molecule is Cn1cc(CN2CCN(C(=O)C3CCCCC3)CC2)cn1. The Labute approximate surface area is 126 Å². The van der Waals surface area contributed by atoms with E-state index in [0.29, 0.717) is 11.8 Å². The number of hydrogen-bond acceptors (Lipinski definition) is 3. The van der Waals surface area contributed by atoms with Crippen molar-refractivity contribution in [2.45, 2.75) is 38.6 Å². The quantitative estimate of drug-likeness (QED) is 0.850. The molecule has 0 radical (unpaired) electrons. The van der Waals surface area contributed by atoms with Gasteiger partial charge >= 0.3 is 0 Å². The summed E-state index contributed by atoms with van der Waals surface area (Å²) in [5, 5.41) is 4.21. The van der Waals surface area contributed by atoms with E-state index < -0.39 is 0 Å². The first-order chi connectivity index (χ1) is 10.2. The zero-order valence-corrected chi connectivity index (χ0v) is 13.0. The second-order valence-corrected chi connectivity index (χ2v) is 6.46. The molecule has 1 aliphatic heterocycles. The summed E-state index contributed by atoms with van der Waals surface area (Å²) in [6.07, 6.45) is 9.99. The van der Waals surface area contributed by atoms with Crippen LogP contribution >= 0.6 is 0 Å². The van der Waals surface area contributed by atoms with Gasteiger partial charge in [0.25, 0.3) is 0 Å². The van der Waals surface area contributed by atoms with Gasteiger partial charge < -0.3 is 4.90 Å². The van der Waals surface area contributed by atoms with Crippen molar-refractivity contribution in [1.29, 1.82) is 0 Å². The van der Waals surface area contributed by atoms with Crippen LogP contribution in [0.1, 0.15) is 37.7 Å². The minimum Gasteiger partial charge on any atom is -0.340 e. The lowest BCUT2D eigenvalue weighted by atomic mass is 9.88. The smallest absolute Gasteiger partial charge is 0.225 e. The van der Waals surface area contributed by atoms with Crippen molar-refractivity contribution >= 4 is 5.91 Å². The molecule has 0 unspecified atom stereocenters. The zero-order valence-electron chi connectivity index (χ0n) is 13.0. The Bertz CT molecular complexity index is 470. The van der Waals surface area contributed by atoms with Gasteiger partial charge in [0.1, 0.15) is 0 Å². The Hall–Kier alpha value is -1.36. The molecule has 2 heterocycles. The molecule has 0 spiro atoms. The van der Waals surface area contributed by atoms with Crippen LogP contribution in [0.4, 0.5) is 0 Å². The van der Waals surface area contributed by atoms with E-state index >= 15 is 0 Å². The number of aryl methyl sites for hydroxylation is 1. The normalized spacial score (nSPS) is 21.7. The molecule has 2 aliphatic rings. The third-order valence-corrected chi connectivity index (χ3v) is 4.80. The molecule has 21 heavy (non-hydrogen) atoms. The van der Waals surface area contributed by atoms with Crippen molar-refractivity contribution in [3.05, 3.63) is 18.0 Å². The van der Waals surface area contributed by atoms with Crippen LogP contribution in [0.5, 0.6) is 0 Å². The molecule has 1 saturated carbocycles. The molecule has 1 saturated heterocycles. The highest BCUT2D eigenvalue weighted by Crippen LogP contribution is 2.25. The number of hydrogen-bond donors (Lipinski definition) is 0. The number of rotatable bonds is 3. The Morgan fingerprint density at radius 2 is 1.90 bits per heavy atom. The fraction of sp³-hybridized carbons (Fsp3) is 0.750. The molecule has 1 aromatic heterocycles. The van der Waals surface area contributed by atoms with Crippen LogP contribution in [0.25, 0.3) is 0 Å². The molecule has 1 aliphatic carbocycles. The first-order valence-electron chi connectivity index (χ1n) is 8.21. The van der Waals surface area contributed by atoms with Gasteiger partial charge in [-0.05, 0) is 12.8 Å². The van der Waals surface area contributed by atoms with Crippen LogP contribution in [0.3, 0.4) is 0 Å². The van der Waals surface area contributed by atoms with E-state index in [1.54, 1.807) is 0 Å². The van der Waals surface area contributed by atoms with Gasteiger partial charge in [-0.2, -0.15) is 5.10 Å². The summed E-state index contributed by atoms with van der Waals surface area (Å²) in [7, 11) is 1.95. The van der Waals surface area contributed by atoms with Gasteiger partial charge in [-0.1, -0.05) is 19.3 Å². The first-order valence-corrected chi connectivity index (χ1v) is 8.21. The van der Waals surface area contributed by atoms with Gasteiger partial charge in [0.15, 0.2) is 0 Å². The Morgan fingerprint density at radius 3 is 2.52 bits per heavy atom. The van der Waals surface area contributed by atoms with Crippen molar-refractivity contribution in [3.8, 4) is 0 Å². The van der Waals surface area contributed by atoms with E-state index in [1.165, 1.54) is 24.8 Å². The number of carbonyl (C=O) groups excluding carboxylic acids is 1. The largest absolute Gasteiger partial charge is 0.340 e. The van der Waals surface area contributed by atoms with E-state index in [1.807, 2.05) is 17.9 Å². The highest BCUT2D eigenvalue weighted by molar-refractivity contribution is 5.79. The van der Waals surface area contributed by atoms with E-state index in [0.717, 1.165) is 45.6 Å². The topological polar surface area (TPSA) is 41.4 Å². The van der Waals surface area contributed by atoms with Crippen LogP contribution in [-0.2, 0) is 18.4 Å². The van der Waals surface area contributed by atoms with Gasteiger partial charge in [0.2, 0.25) is 5.91 Å². The van der Waals surface area contributed by atoms with Gasteiger partial charge in [0, 0.05) is 57.4 Å². The standard InChI is InChI=1S/C16H26N4O/c1-18-12-14(11-17-18)13-19-7-9-20(10-8-19)16(21)15-5-3-2-4-6-15/h11-12,15H,2-10,13H2,1H3. The molecule has 0 N–H and O–H groups in total. The molecular formula is C16H26N4O. The molecule has 1 aromatic rings. The van der Waals surface area contributed by atoms with E-state index in [9.17, 15) is 4.79 Å². The summed E-state index contributed by atoms with van der Waals surface area (Å²) in [5.74, 6) is 0.722. The maximum Gasteiger partial charge on any atom is 0.225 e. The van der Waals surface area contributed by atoms with Crippen LogP contribution < -0.4 is 0 Å². The van der Waals surface area contributed by atoms with Crippen molar-refractivity contribution < 1.29 is 4.79 Å². The molecule has 0 bridgehead atoms. The number of piperazine rings is 1. The number of nitrogens with zero attached hydrogens (tertiary/aromatic N) is 4. The van der Waals surface area contributed by atoms with Gasteiger partial charge in [-0.25, -0.2) is 0 Å². The molecule has 3 rings (SSSR count). The summed E-state index contributed by atoms with van der Waals surface area (Å²) in [4.78, 5) is 17.0. The van der Waals surface area contributed by atoms with Gasteiger partial charge in [0.05, 0.1) is 6.20 Å². The zero-order chi connectivity index (χ0) is 14.7. The Balaban J connectivity index is 1.47. The summed E-state index contributed by atoms with van der Waals surface area (Å²) in [6, 6.07) is 0. The second-order valence-electron chi connectivity index (χ2n) is 6.46. The molecule has 116 valence electrons. The highest BCUT2D eigenvalue weighted by atomic mass is 16.2. The lowest BCUT2D eigenvalue weighted by Gasteiger charge is -2.37. The van der Waals surface area contributed by atoms with Crippen molar-refractivity contribution in [1.82, 2.24) is 19.6 Å². The van der Waals surface area contributed by atoms with Gasteiger partial charge in [-0.15, -0.1) is 0 Å². The van der Waals surface area contributed by atoms with Crippen molar-refractivity contribution in [2.24, 2.45) is 13.0 Å². The molecular weight excluding hydrogens is 264 g/mol. The van der Waals surface area contributed by atoms with Crippen LogP contribution in [0.2, 0.25) is 0 Å². The lowest BCUT2D eigenvalue weighted by molar-refractivity contribution is -0.138. The second kappa shape index (κ2) is 6.60. The highest BCUT2D eigenvalue weighted by Gasteiger charge is 2.28. The summed E-state index contributed by atoms with van der Waals surface area (Å²) >= 11 is 0. The summed E-state index contributed by atoms with van der Waals surface area (Å²) in [6.45, 7) is 4.67. The first kappa shape index (κ1) is 14.6. The lowest BCUT2D eigenvalue weighted by Crippen LogP contribution is -2.50. The number of carbonyl (C=O) groups is 1. The van der Waals surface area contributed by atoms with Crippen molar-refractivity contribution in [2.75, 3.05) is 26.2 Å². The maximum atomic E-state index is 12.5. The van der Waals surface area contributed by atoms with Crippen LogP contribution in [0.15, 0.2) is 12.4 Å². The third-order valence-electron chi connectivity index (χ3n) is 4.80. The van der Waals surface area contributed by atoms with E-state index in [-0.39, 0.29) is 0 Å². The average Bonchev–Trinajstić information content (AvgIpc) is 2.93. The van der Waals surface area contributed by atoms with Crippen molar-refractivity contribution in [3.63, 3.8) is 0 Å². The molecule has 1 amide bonds. The Kier molecular flexibility index (Phi) is 4.58. The maximum absolute atomic E-state index is 12.5. The third kappa shape index (κ3) is 3.64. The monoisotopic (exact) mass is 290 g/mol. The minimum atomic E-state index is 0.309. The molecule has 2 fully saturated rings. The summed E-state index contributed by atoms with van der Waals surface area (Å²) < 4.78 is 1.85. The fourth-order valence-corrected chi connectivity index (χ4v) is 3.55. The number of amides is 1. The van der Waals surface area contributed by atoms with Crippen LogP contribution in [0, 0.1) is 5.92 Å². The molecule has 5 nitrogen and oxygen atoms in total. The number of aromatic nitrogens is 2. The minimum absolute atomic E-state index is 0.309. The predicted octanol–water partition coefficient (Wildman–Crippen LogP) is 1.64. The van der Waals surface area contributed by atoms with Crippen LogP contribution in [-0.4, -0.2) is 51.7 Å². The molecule has 0 aromatic carbocycles. The van der Waals surface area contributed by atoms with Gasteiger partial charge in [-0.3, -0.25) is 14.4 Å². The molecule has 0 atom stereocenters. The van der Waals surface area contributed by atoms with E-state index in [4.69, 9.17) is 0 Å².